The molecule has 0 aromatic rings. The first kappa shape index (κ1) is 66.9. The highest BCUT2D eigenvalue weighted by Gasteiger charge is 2.38. The molecule has 0 aromatic carbocycles. The fraction of sp³-hybridized carbons (Fsp3) is 0.923. The van der Waals surface area contributed by atoms with Gasteiger partial charge < -0.3 is 153 Å². The molecule has 0 aliphatic carbocycles. The number of carbonyl (C=O) groups is 3. The Hall–Kier alpha value is -2.15. The Morgan fingerprint density at radius 2 is 0.873 bits per heavy atom. The quantitative estimate of drug-likeness (QED) is 0.0637. The van der Waals surface area contributed by atoms with Gasteiger partial charge >= 0.3 is 0 Å². The second-order valence-electron chi connectivity index (χ2n) is 16.1. The van der Waals surface area contributed by atoms with E-state index in [0.29, 0.717) is 6.29 Å². The Morgan fingerprint density at radius 3 is 1.25 bits per heavy atom. The molecular formula is C39H72O32. The van der Waals surface area contributed by atoms with Gasteiger partial charge in [0.25, 0.3) is 0 Å². The third-order valence-corrected chi connectivity index (χ3v) is 10.5. The van der Waals surface area contributed by atoms with Gasteiger partial charge in [0.05, 0.1) is 64.1 Å². The van der Waals surface area contributed by atoms with Crippen molar-refractivity contribution in [2.24, 2.45) is 23.7 Å². The lowest BCUT2D eigenvalue weighted by Crippen LogP contribution is -2.48. The summed E-state index contributed by atoms with van der Waals surface area (Å²) in [6.07, 6.45) is -21.6. The number of hydrogen-bond donors (Lipinski definition) is 17. The van der Waals surface area contributed by atoms with Crippen LogP contribution in [-0.2, 0) is 71.2 Å². The third kappa shape index (κ3) is 24.4. The van der Waals surface area contributed by atoms with E-state index < -0.39 is 137 Å². The molecule has 420 valence electrons. The maximum absolute atomic E-state index is 10.3. The van der Waals surface area contributed by atoms with Crippen LogP contribution >= 0.6 is 0 Å². The van der Waals surface area contributed by atoms with Crippen LogP contribution in [0, 0.1) is 23.7 Å². The number of hydrogen-bond acceptors (Lipinski definition) is 32. The zero-order chi connectivity index (χ0) is 54.3. The van der Waals surface area contributed by atoms with Crippen molar-refractivity contribution in [1.29, 1.82) is 0 Å². The van der Waals surface area contributed by atoms with Gasteiger partial charge in [-0.3, -0.25) is 4.79 Å². The molecule has 0 saturated carbocycles. The van der Waals surface area contributed by atoms with E-state index in [0.717, 1.165) is 6.29 Å². The molecule has 6 aliphatic heterocycles. The lowest BCUT2D eigenvalue weighted by molar-refractivity contribution is -0.328. The molecule has 32 heteroatoms. The largest absolute Gasteiger partial charge is 0.368 e. The molecule has 32 nitrogen and oxygen atoms in total. The Labute approximate surface area is 405 Å². The summed E-state index contributed by atoms with van der Waals surface area (Å²) in [5.74, 6) is -1.44. The van der Waals surface area contributed by atoms with Gasteiger partial charge in [0.2, 0.25) is 56.6 Å². The molecule has 0 spiro atoms. The monoisotopic (exact) mass is 1050 g/mol. The van der Waals surface area contributed by atoms with Crippen LogP contribution < -0.4 is 0 Å². The maximum atomic E-state index is 10.3. The summed E-state index contributed by atoms with van der Waals surface area (Å²) in [7, 11) is 0. The number of carbonyl (C=O) groups excluding carboxylic acids is 3. The first-order chi connectivity index (χ1) is 33.2. The lowest BCUT2D eigenvalue weighted by atomic mass is 10.0. The molecule has 0 bridgehead atoms. The lowest BCUT2D eigenvalue weighted by Gasteiger charge is -2.34. The van der Waals surface area contributed by atoms with Crippen molar-refractivity contribution in [3.63, 3.8) is 0 Å². The van der Waals surface area contributed by atoms with Gasteiger partial charge in [-0.05, 0) is 6.92 Å². The summed E-state index contributed by atoms with van der Waals surface area (Å²) in [6, 6.07) is 0. The summed E-state index contributed by atoms with van der Waals surface area (Å²) in [5.41, 5.74) is 0. The van der Waals surface area contributed by atoms with Crippen LogP contribution in [0.5, 0.6) is 0 Å². The molecule has 17 N–H and O–H groups in total. The summed E-state index contributed by atoms with van der Waals surface area (Å²) in [6.45, 7) is 8.67. The van der Waals surface area contributed by atoms with E-state index in [-0.39, 0.29) is 63.7 Å². The normalized spacial score (nSPS) is 38.7. The first-order valence-corrected chi connectivity index (χ1v) is 21.7. The summed E-state index contributed by atoms with van der Waals surface area (Å²) in [4.78, 5) is 30.3. The van der Waals surface area contributed by atoms with E-state index in [4.69, 9.17) is 134 Å². The van der Waals surface area contributed by atoms with Gasteiger partial charge in [0.15, 0.2) is 44.0 Å². The highest BCUT2D eigenvalue weighted by molar-refractivity contribution is 5.56. The smallest absolute Gasteiger partial charge is 0.212 e. The van der Waals surface area contributed by atoms with Crippen LogP contribution in [0.1, 0.15) is 34.6 Å². The van der Waals surface area contributed by atoms with Crippen LogP contribution in [0.2, 0.25) is 0 Å². The Morgan fingerprint density at radius 1 is 0.451 bits per heavy atom. The molecule has 0 amide bonds. The first-order valence-electron chi connectivity index (χ1n) is 21.7. The highest BCUT2D eigenvalue weighted by Crippen LogP contribution is 2.24. The minimum Gasteiger partial charge on any atom is -0.368 e. The van der Waals surface area contributed by atoms with Crippen molar-refractivity contribution in [3.05, 3.63) is 0 Å². The molecule has 6 rings (SSSR count). The molecule has 71 heavy (non-hydrogen) atoms. The molecule has 6 aliphatic rings. The van der Waals surface area contributed by atoms with Crippen LogP contribution in [0.15, 0.2) is 0 Å². The van der Waals surface area contributed by atoms with Gasteiger partial charge in [0.1, 0.15) is 24.6 Å². The predicted molar refractivity (Wildman–Crippen MR) is 220 cm³/mol. The molecule has 6 saturated heterocycles. The number of aldehydes is 3. The Kier molecular flexibility index (Phi) is 32.4. The van der Waals surface area contributed by atoms with Crippen molar-refractivity contribution in [1.82, 2.24) is 0 Å². The van der Waals surface area contributed by atoms with Crippen LogP contribution in [0.4, 0.5) is 0 Å². The van der Waals surface area contributed by atoms with Crippen LogP contribution in [-0.4, -0.2) is 276 Å². The van der Waals surface area contributed by atoms with Crippen molar-refractivity contribution < 1.29 is 158 Å². The van der Waals surface area contributed by atoms with Crippen LogP contribution in [0.3, 0.4) is 0 Å². The second kappa shape index (κ2) is 34.4. The molecule has 0 radical (unpaired) electrons. The van der Waals surface area contributed by atoms with Crippen LogP contribution in [0.25, 0.3) is 0 Å². The number of aliphatic hydroxyl groups is 17. The third-order valence-electron chi connectivity index (χ3n) is 10.5. The average molecular weight is 1050 g/mol. The second-order valence-corrected chi connectivity index (χ2v) is 16.1. The minimum atomic E-state index is -1.94. The van der Waals surface area contributed by atoms with Gasteiger partial charge in [0, 0.05) is 23.7 Å². The number of rotatable bonds is 12. The minimum absolute atomic E-state index is 0.00315. The zero-order valence-electron chi connectivity index (χ0n) is 39.1. The van der Waals surface area contributed by atoms with Crippen molar-refractivity contribution in [2.45, 2.75) is 165 Å². The molecule has 6 fully saturated rings. The van der Waals surface area contributed by atoms with E-state index in [2.05, 4.69) is 9.47 Å². The Balaban J connectivity index is 0.000000427. The maximum Gasteiger partial charge on any atom is 0.212 e. The predicted octanol–water partition coefficient (Wildman–Crippen LogP) is -9.63. The van der Waals surface area contributed by atoms with E-state index in [1.54, 1.807) is 34.6 Å². The summed E-state index contributed by atoms with van der Waals surface area (Å²) < 4.78 is 57.4. The average Bonchev–Trinajstić information content (AvgIpc) is 3.83. The van der Waals surface area contributed by atoms with Gasteiger partial charge in [-0.2, -0.15) is 0 Å². The summed E-state index contributed by atoms with van der Waals surface area (Å²) in [5, 5.41) is 150. The standard InChI is InChI=1S/2C7H14O6.2C7H12O5.C6H12O5.C5H8O5/c1-3-4(2-12-6(3)10)13-7(11)5(8)9;1-3(5(8)9)4-2-12-6(10)7(11)13-4;1-4-5(3-11-7(4)10)12-6(9)2-8;1-4(2-8)5-3-11-6(9)7(10)12-5;1-3-6(9)10-2-4(11-3)5(7)8;6-1-3-2-9-4(7)5(8)10-3/h2*3-11H,2H2,1H3;2*2,4-7,9-10H,3H2,1H3;3-9H,2H2,1H3;1,3-5,7-8H,2H2. The fourth-order valence-electron chi connectivity index (χ4n) is 5.60. The van der Waals surface area contributed by atoms with E-state index in [9.17, 15) is 14.4 Å². The van der Waals surface area contributed by atoms with Gasteiger partial charge in [-0.25, -0.2) is 0 Å². The van der Waals surface area contributed by atoms with Gasteiger partial charge in [-0.1, -0.05) is 27.7 Å². The van der Waals surface area contributed by atoms with Gasteiger partial charge in [-0.15, -0.1) is 0 Å². The van der Waals surface area contributed by atoms with Crippen molar-refractivity contribution in [2.75, 3.05) is 39.6 Å². The molecule has 22 unspecified atom stereocenters. The number of ether oxygens (including phenoxy) is 12. The molecular weight excluding hydrogens is 980 g/mol. The fourth-order valence-corrected chi connectivity index (χ4v) is 5.60. The van der Waals surface area contributed by atoms with E-state index in [1.165, 1.54) is 0 Å². The Bertz CT molecular complexity index is 1420. The molecule has 22 atom stereocenters. The molecule has 0 aromatic heterocycles. The zero-order valence-corrected chi connectivity index (χ0v) is 39.1. The molecule has 6 heterocycles. The summed E-state index contributed by atoms with van der Waals surface area (Å²) >= 11 is 0. The van der Waals surface area contributed by atoms with E-state index >= 15 is 0 Å². The SMILES string of the molecule is CC(C(O)O)C1COC(O)C(O)O1.CC(C=O)C1COC(O)C(O)O1.CC1C(O)OCC1OC(O)C(O)O.CC1C(O)OCC1OC(O)C=O.CC1OC(C(O)O)COC1O.O=CC1COC(O)C(O)O1. The number of aliphatic hydroxyl groups excluding tert-OH is 14. The topological polar surface area (TPSA) is 506 Å². The van der Waals surface area contributed by atoms with E-state index in [1.807, 2.05) is 0 Å². The highest BCUT2D eigenvalue weighted by atomic mass is 16.7. The van der Waals surface area contributed by atoms with Crippen molar-refractivity contribution >= 4 is 18.9 Å². The van der Waals surface area contributed by atoms with Crippen molar-refractivity contribution in [3.8, 4) is 0 Å².